The number of nitrogens with zero attached hydrogens (tertiary/aromatic N) is 1. The molecular formula is C14H21N3O. The van der Waals surface area contributed by atoms with Crippen LogP contribution in [0.4, 0.5) is 16.2 Å². The fourth-order valence-electron chi connectivity index (χ4n) is 1.92. The van der Waals surface area contributed by atoms with E-state index in [0.29, 0.717) is 6.04 Å². The van der Waals surface area contributed by atoms with E-state index in [-0.39, 0.29) is 6.03 Å². The lowest BCUT2D eigenvalue weighted by atomic mass is 10.2. The molecule has 1 saturated carbocycles. The third-order valence-electron chi connectivity index (χ3n) is 3.17. The molecule has 0 unspecified atom stereocenters. The highest BCUT2D eigenvalue weighted by Crippen LogP contribution is 2.20. The van der Waals surface area contributed by atoms with Gasteiger partial charge in [0.25, 0.3) is 0 Å². The number of urea groups is 1. The van der Waals surface area contributed by atoms with Crippen molar-refractivity contribution in [3.8, 4) is 0 Å². The maximum absolute atomic E-state index is 11.6. The second-order valence-electron chi connectivity index (χ2n) is 4.59. The number of amides is 2. The van der Waals surface area contributed by atoms with Gasteiger partial charge in [-0.3, -0.25) is 0 Å². The summed E-state index contributed by atoms with van der Waals surface area (Å²) in [6.45, 7) is 6.26. The van der Waals surface area contributed by atoms with Gasteiger partial charge in [-0.2, -0.15) is 0 Å². The lowest BCUT2D eigenvalue weighted by Crippen LogP contribution is -2.30. The van der Waals surface area contributed by atoms with Crippen molar-refractivity contribution in [2.75, 3.05) is 23.3 Å². The first kappa shape index (κ1) is 12.7. The fraction of sp³-hybridized carbons (Fsp3) is 0.500. The predicted molar refractivity (Wildman–Crippen MR) is 75.2 cm³/mol. The summed E-state index contributed by atoms with van der Waals surface area (Å²) >= 11 is 0. The molecule has 0 saturated heterocycles. The van der Waals surface area contributed by atoms with Crippen molar-refractivity contribution in [1.29, 1.82) is 0 Å². The predicted octanol–water partition coefficient (Wildman–Crippen LogP) is 2.82. The Balaban J connectivity index is 1.91. The molecule has 0 heterocycles. The summed E-state index contributed by atoms with van der Waals surface area (Å²) in [6, 6.07) is 8.26. The van der Waals surface area contributed by atoms with Gasteiger partial charge < -0.3 is 15.5 Å². The highest BCUT2D eigenvalue weighted by atomic mass is 16.2. The zero-order chi connectivity index (χ0) is 13.0. The van der Waals surface area contributed by atoms with Crippen molar-refractivity contribution < 1.29 is 4.79 Å². The Morgan fingerprint density at radius 2 is 1.83 bits per heavy atom. The highest BCUT2D eigenvalue weighted by Gasteiger charge is 2.23. The second kappa shape index (κ2) is 5.76. The van der Waals surface area contributed by atoms with Gasteiger partial charge in [0.15, 0.2) is 0 Å². The number of rotatable bonds is 5. The molecule has 2 N–H and O–H groups in total. The van der Waals surface area contributed by atoms with Gasteiger partial charge in [0.05, 0.1) is 0 Å². The zero-order valence-corrected chi connectivity index (χ0v) is 11.1. The maximum Gasteiger partial charge on any atom is 0.319 e. The molecule has 98 valence electrons. The Hall–Kier alpha value is -1.71. The zero-order valence-electron chi connectivity index (χ0n) is 11.1. The summed E-state index contributed by atoms with van der Waals surface area (Å²) < 4.78 is 0. The van der Waals surface area contributed by atoms with Gasteiger partial charge in [0, 0.05) is 30.5 Å². The van der Waals surface area contributed by atoms with E-state index < -0.39 is 0 Å². The first-order valence-corrected chi connectivity index (χ1v) is 6.65. The van der Waals surface area contributed by atoms with Gasteiger partial charge >= 0.3 is 6.03 Å². The average molecular weight is 247 g/mol. The van der Waals surface area contributed by atoms with Crippen LogP contribution in [0.2, 0.25) is 0 Å². The van der Waals surface area contributed by atoms with Crippen molar-refractivity contribution in [1.82, 2.24) is 5.32 Å². The first-order chi connectivity index (χ1) is 8.72. The Bertz CT molecular complexity index is 394. The van der Waals surface area contributed by atoms with E-state index in [9.17, 15) is 4.79 Å². The van der Waals surface area contributed by atoms with Crippen LogP contribution in [0.3, 0.4) is 0 Å². The molecule has 4 nitrogen and oxygen atoms in total. The van der Waals surface area contributed by atoms with Crippen LogP contribution in [0.1, 0.15) is 26.7 Å². The number of carbonyl (C=O) groups is 1. The average Bonchev–Trinajstić information content (AvgIpc) is 3.16. The van der Waals surface area contributed by atoms with Crippen LogP contribution in [-0.2, 0) is 0 Å². The van der Waals surface area contributed by atoms with Crippen LogP contribution in [0.15, 0.2) is 24.3 Å². The Labute approximate surface area is 108 Å². The highest BCUT2D eigenvalue weighted by molar-refractivity contribution is 5.89. The molecule has 0 aliphatic heterocycles. The van der Waals surface area contributed by atoms with Crippen LogP contribution in [0, 0.1) is 0 Å². The summed E-state index contributed by atoms with van der Waals surface area (Å²) in [7, 11) is 0. The number of hydrogen-bond acceptors (Lipinski definition) is 2. The van der Waals surface area contributed by atoms with Crippen LogP contribution in [-0.4, -0.2) is 25.2 Å². The summed E-state index contributed by atoms with van der Waals surface area (Å²) in [5.74, 6) is 0. The van der Waals surface area contributed by atoms with E-state index >= 15 is 0 Å². The van der Waals surface area contributed by atoms with Gasteiger partial charge in [-0.15, -0.1) is 0 Å². The van der Waals surface area contributed by atoms with Crippen LogP contribution in [0.5, 0.6) is 0 Å². The molecule has 0 atom stereocenters. The minimum Gasteiger partial charge on any atom is -0.372 e. The molecule has 0 aromatic heterocycles. The quantitative estimate of drug-likeness (QED) is 0.840. The largest absolute Gasteiger partial charge is 0.372 e. The topological polar surface area (TPSA) is 44.4 Å². The van der Waals surface area contributed by atoms with Crippen molar-refractivity contribution in [2.45, 2.75) is 32.7 Å². The normalized spacial score (nSPS) is 14.1. The molecule has 1 aliphatic carbocycles. The summed E-state index contributed by atoms with van der Waals surface area (Å²) in [4.78, 5) is 13.8. The van der Waals surface area contributed by atoms with Crippen LogP contribution in [0.25, 0.3) is 0 Å². The van der Waals surface area contributed by atoms with E-state index in [1.165, 1.54) is 5.69 Å². The molecule has 1 aromatic carbocycles. The molecule has 0 bridgehead atoms. The van der Waals surface area contributed by atoms with Crippen molar-refractivity contribution in [3.63, 3.8) is 0 Å². The first-order valence-electron chi connectivity index (χ1n) is 6.65. The van der Waals surface area contributed by atoms with Crippen molar-refractivity contribution in [2.24, 2.45) is 0 Å². The number of benzene rings is 1. The van der Waals surface area contributed by atoms with Crippen molar-refractivity contribution in [3.05, 3.63) is 24.3 Å². The molecular weight excluding hydrogens is 226 g/mol. The monoisotopic (exact) mass is 247 g/mol. The molecule has 18 heavy (non-hydrogen) atoms. The van der Waals surface area contributed by atoms with Gasteiger partial charge in [-0.25, -0.2) is 4.79 Å². The van der Waals surface area contributed by atoms with E-state index in [2.05, 4.69) is 29.4 Å². The SMILES string of the molecule is CCN(CC)c1ccc(NC(=O)NC2CC2)cc1. The Morgan fingerprint density at radius 1 is 1.22 bits per heavy atom. The second-order valence-corrected chi connectivity index (χ2v) is 4.59. The maximum atomic E-state index is 11.6. The molecule has 1 aromatic rings. The third kappa shape index (κ3) is 3.39. The Kier molecular flexibility index (Phi) is 4.07. The number of carbonyl (C=O) groups excluding carboxylic acids is 1. The lowest BCUT2D eigenvalue weighted by molar-refractivity contribution is 0.251. The lowest BCUT2D eigenvalue weighted by Gasteiger charge is -2.21. The fourth-order valence-corrected chi connectivity index (χ4v) is 1.92. The minimum absolute atomic E-state index is 0.104. The van der Waals surface area contributed by atoms with E-state index in [1.807, 2.05) is 24.3 Å². The van der Waals surface area contributed by atoms with Gasteiger partial charge in [-0.05, 0) is 51.0 Å². The Morgan fingerprint density at radius 3 is 2.33 bits per heavy atom. The number of anilines is 2. The van der Waals surface area contributed by atoms with E-state index in [4.69, 9.17) is 0 Å². The molecule has 1 aliphatic rings. The summed E-state index contributed by atoms with van der Waals surface area (Å²) in [5, 5.41) is 5.75. The summed E-state index contributed by atoms with van der Waals surface area (Å²) in [5.41, 5.74) is 2.03. The number of nitrogens with one attached hydrogen (secondary N) is 2. The third-order valence-corrected chi connectivity index (χ3v) is 3.17. The molecule has 1 fully saturated rings. The smallest absolute Gasteiger partial charge is 0.319 e. The van der Waals surface area contributed by atoms with Crippen LogP contribution < -0.4 is 15.5 Å². The minimum atomic E-state index is -0.104. The molecule has 0 spiro atoms. The van der Waals surface area contributed by atoms with Gasteiger partial charge in [-0.1, -0.05) is 0 Å². The molecule has 4 heteroatoms. The van der Waals surface area contributed by atoms with E-state index in [0.717, 1.165) is 31.6 Å². The standard InChI is InChI=1S/C14H21N3O/c1-3-17(4-2)13-9-7-12(8-10-13)16-14(18)15-11-5-6-11/h7-11H,3-6H2,1-2H3,(H2,15,16,18). The van der Waals surface area contributed by atoms with Crippen LogP contribution >= 0.6 is 0 Å². The van der Waals surface area contributed by atoms with Crippen molar-refractivity contribution >= 4 is 17.4 Å². The summed E-state index contributed by atoms with van der Waals surface area (Å²) in [6.07, 6.45) is 2.21. The molecule has 2 rings (SSSR count). The molecule has 2 amide bonds. The van der Waals surface area contributed by atoms with E-state index in [1.54, 1.807) is 0 Å². The number of hydrogen-bond donors (Lipinski definition) is 2. The molecule has 0 radical (unpaired) electrons. The van der Waals surface area contributed by atoms with Gasteiger partial charge in [0.2, 0.25) is 0 Å². The van der Waals surface area contributed by atoms with Gasteiger partial charge in [0.1, 0.15) is 0 Å².